The van der Waals surface area contributed by atoms with Crippen LogP contribution >= 0.6 is 0 Å². The van der Waals surface area contributed by atoms with Crippen LogP contribution in [0.3, 0.4) is 0 Å². The van der Waals surface area contributed by atoms with Gasteiger partial charge in [-0.1, -0.05) is 0 Å². The summed E-state index contributed by atoms with van der Waals surface area (Å²) in [5, 5.41) is 1.14. The van der Waals surface area contributed by atoms with Crippen molar-refractivity contribution >= 4 is 5.91 Å². The van der Waals surface area contributed by atoms with E-state index < -0.39 is 0 Å². The van der Waals surface area contributed by atoms with Gasteiger partial charge in [-0.2, -0.15) is 0 Å². The number of rotatable bonds is 3. The summed E-state index contributed by atoms with van der Waals surface area (Å²) in [4.78, 5) is 15.8. The molecule has 0 aromatic rings. The van der Waals surface area contributed by atoms with Crippen LogP contribution in [0.15, 0.2) is 0 Å². The summed E-state index contributed by atoms with van der Waals surface area (Å²) in [7, 11) is 2.99. The standard InChI is InChI=1S/C8H17NO3/c1-8(2,3)12-6-7(10)9(4)11-5/h6H2,1-5H3. The van der Waals surface area contributed by atoms with Crippen LogP contribution in [0.1, 0.15) is 20.8 Å². The van der Waals surface area contributed by atoms with Gasteiger partial charge in [0.1, 0.15) is 6.61 Å². The Bertz CT molecular complexity index is 151. The fraction of sp³-hybridized carbons (Fsp3) is 0.875. The van der Waals surface area contributed by atoms with E-state index in [1.54, 1.807) is 7.05 Å². The molecule has 0 radical (unpaired) electrons. The largest absolute Gasteiger partial charge is 0.366 e. The van der Waals surface area contributed by atoms with E-state index in [-0.39, 0.29) is 18.1 Å². The van der Waals surface area contributed by atoms with Crippen molar-refractivity contribution in [3.63, 3.8) is 0 Å². The summed E-state index contributed by atoms with van der Waals surface area (Å²) >= 11 is 0. The van der Waals surface area contributed by atoms with Gasteiger partial charge in [0.2, 0.25) is 0 Å². The highest BCUT2D eigenvalue weighted by Gasteiger charge is 2.14. The summed E-state index contributed by atoms with van der Waals surface area (Å²) in [6.07, 6.45) is 0. The molecule has 0 aromatic carbocycles. The summed E-state index contributed by atoms with van der Waals surface area (Å²) in [5.41, 5.74) is -0.287. The lowest BCUT2D eigenvalue weighted by Crippen LogP contribution is -2.33. The molecule has 0 saturated heterocycles. The average molecular weight is 175 g/mol. The fourth-order valence-electron chi connectivity index (χ4n) is 0.471. The highest BCUT2D eigenvalue weighted by molar-refractivity contribution is 5.76. The quantitative estimate of drug-likeness (QED) is 0.596. The van der Waals surface area contributed by atoms with Crippen molar-refractivity contribution in [1.29, 1.82) is 0 Å². The molecule has 0 aliphatic carbocycles. The van der Waals surface area contributed by atoms with Gasteiger partial charge < -0.3 is 4.74 Å². The van der Waals surface area contributed by atoms with E-state index in [2.05, 4.69) is 4.84 Å². The number of hydrogen-bond acceptors (Lipinski definition) is 3. The smallest absolute Gasteiger partial charge is 0.271 e. The third kappa shape index (κ3) is 5.09. The lowest BCUT2D eigenvalue weighted by Gasteiger charge is -2.21. The number of amides is 1. The van der Waals surface area contributed by atoms with Gasteiger partial charge in [-0.3, -0.25) is 9.63 Å². The van der Waals surface area contributed by atoms with Gasteiger partial charge in [-0.15, -0.1) is 0 Å². The zero-order valence-electron chi connectivity index (χ0n) is 8.38. The van der Waals surface area contributed by atoms with Gasteiger partial charge >= 0.3 is 0 Å². The molecule has 0 aliphatic rings. The Morgan fingerprint density at radius 2 is 1.92 bits per heavy atom. The number of carbonyl (C=O) groups is 1. The Morgan fingerprint density at radius 3 is 2.25 bits per heavy atom. The second-order valence-electron chi connectivity index (χ2n) is 3.47. The third-order valence-corrected chi connectivity index (χ3v) is 1.25. The van der Waals surface area contributed by atoms with Crippen molar-refractivity contribution < 1.29 is 14.4 Å². The first-order valence-electron chi connectivity index (χ1n) is 3.81. The Hall–Kier alpha value is -0.610. The van der Waals surface area contributed by atoms with Gasteiger partial charge in [-0.05, 0) is 20.8 Å². The highest BCUT2D eigenvalue weighted by Crippen LogP contribution is 2.06. The van der Waals surface area contributed by atoms with E-state index in [9.17, 15) is 4.79 Å². The molecule has 0 spiro atoms. The molecule has 0 saturated carbocycles. The molecule has 0 unspecified atom stereocenters. The minimum atomic E-state index is -0.287. The molecule has 0 rings (SSSR count). The Morgan fingerprint density at radius 1 is 1.42 bits per heavy atom. The van der Waals surface area contributed by atoms with E-state index >= 15 is 0 Å². The van der Waals surface area contributed by atoms with Gasteiger partial charge in [0.25, 0.3) is 5.91 Å². The van der Waals surface area contributed by atoms with Crippen LogP contribution in [0.5, 0.6) is 0 Å². The number of hydrogen-bond donors (Lipinski definition) is 0. The van der Waals surface area contributed by atoms with Crippen molar-refractivity contribution in [1.82, 2.24) is 5.06 Å². The maximum absolute atomic E-state index is 11.1. The molecule has 4 nitrogen and oxygen atoms in total. The number of carbonyl (C=O) groups excluding carboxylic acids is 1. The first kappa shape index (κ1) is 11.4. The number of ether oxygens (including phenoxy) is 1. The molecular weight excluding hydrogens is 158 g/mol. The number of likely N-dealkylation sites (N-methyl/N-ethyl adjacent to an activating group) is 1. The summed E-state index contributed by atoms with van der Waals surface area (Å²) in [6.45, 7) is 5.74. The van der Waals surface area contributed by atoms with Crippen molar-refractivity contribution in [2.24, 2.45) is 0 Å². The van der Waals surface area contributed by atoms with Crippen LogP contribution in [-0.2, 0) is 14.4 Å². The monoisotopic (exact) mass is 175 g/mol. The molecule has 0 atom stereocenters. The van der Waals surface area contributed by atoms with Crippen LogP contribution in [-0.4, -0.2) is 37.3 Å². The normalized spacial score (nSPS) is 11.4. The van der Waals surface area contributed by atoms with E-state index in [1.807, 2.05) is 20.8 Å². The average Bonchev–Trinajstić information content (AvgIpc) is 1.97. The van der Waals surface area contributed by atoms with Crippen molar-refractivity contribution in [3.05, 3.63) is 0 Å². The minimum absolute atomic E-state index is 0.0494. The second-order valence-corrected chi connectivity index (χ2v) is 3.47. The van der Waals surface area contributed by atoms with Gasteiger partial charge in [0.15, 0.2) is 0 Å². The SMILES string of the molecule is CON(C)C(=O)COC(C)(C)C. The van der Waals surface area contributed by atoms with Crippen LogP contribution in [0.2, 0.25) is 0 Å². The maximum Gasteiger partial charge on any atom is 0.271 e. The molecule has 0 fully saturated rings. The topological polar surface area (TPSA) is 38.8 Å². The Balaban J connectivity index is 3.72. The van der Waals surface area contributed by atoms with E-state index in [0.717, 1.165) is 5.06 Å². The lowest BCUT2D eigenvalue weighted by molar-refractivity contribution is -0.177. The molecule has 0 aliphatic heterocycles. The van der Waals surface area contributed by atoms with Crippen molar-refractivity contribution in [2.45, 2.75) is 26.4 Å². The van der Waals surface area contributed by atoms with E-state index in [0.29, 0.717) is 0 Å². The van der Waals surface area contributed by atoms with Crippen molar-refractivity contribution in [2.75, 3.05) is 20.8 Å². The van der Waals surface area contributed by atoms with E-state index in [1.165, 1.54) is 7.11 Å². The molecule has 4 heteroatoms. The Kier molecular flexibility index (Phi) is 4.20. The summed E-state index contributed by atoms with van der Waals surface area (Å²) in [5.74, 6) is -0.188. The number of hydroxylamine groups is 2. The molecular formula is C8H17NO3. The predicted octanol–water partition coefficient (Wildman–Crippen LogP) is 0.821. The summed E-state index contributed by atoms with van der Waals surface area (Å²) in [6, 6.07) is 0. The molecule has 0 N–H and O–H groups in total. The Labute approximate surface area is 73.4 Å². The fourth-order valence-corrected chi connectivity index (χ4v) is 0.471. The zero-order valence-corrected chi connectivity index (χ0v) is 8.38. The van der Waals surface area contributed by atoms with Gasteiger partial charge in [0.05, 0.1) is 12.7 Å². The van der Waals surface area contributed by atoms with E-state index in [4.69, 9.17) is 4.74 Å². The summed E-state index contributed by atoms with van der Waals surface area (Å²) < 4.78 is 5.24. The molecule has 12 heavy (non-hydrogen) atoms. The van der Waals surface area contributed by atoms with Crippen LogP contribution < -0.4 is 0 Å². The molecule has 0 aromatic heterocycles. The lowest BCUT2D eigenvalue weighted by atomic mass is 10.2. The van der Waals surface area contributed by atoms with Crippen LogP contribution in [0.25, 0.3) is 0 Å². The van der Waals surface area contributed by atoms with Gasteiger partial charge in [-0.25, -0.2) is 5.06 Å². The molecule has 72 valence electrons. The first-order chi connectivity index (χ1) is 5.37. The van der Waals surface area contributed by atoms with Gasteiger partial charge in [0, 0.05) is 7.05 Å². The third-order valence-electron chi connectivity index (χ3n) is 1.25. The van der Waals surface area contributed by atoms with Crippen molar-refractivity contribution in [3.8, 4) is 0 Å². The zero-order chi connectivity index (χ0) is 9.78. The van der Waals surface area contributed by atoms with Crippen LogP contribution in [0, 0.1) is 0 Å². The molecule has 1 amide bonds. The predicted molar refractivity (Wildman–Crippen MR) is 45.5 cm³/mol. The highest BCUT2D eigenvalue weighted by atomic mass is 16.7. The first-order valence-corrected chi connectivity index (χ1v) is 3.81. The maximum atomic E-state index is 11.1. The molecule has 0 bridgehead atoms. The minimum Gasteiger partial charge on any atom is -0.366 e. The number of nitrogens with zero attached hydrogens (tertiary/aromatic N) is 1. The molecule has 0 heterocycles. The second kappa shape index (κ2) is 4.42. The van der Waals surface area contributed by atoms with Crippen LogP contribution in [0.4, 0.5) is 0 Å².